The van der Waals surface area contributed by atoms with E-state index in [4.69, 9.17) is 4.98 Å². The van der Waals surface area contributed by atoms with Gasteiger partial charge in [0.2, 0.25) is 0 Å². The number of nitrogens with one attached hydrogen (secondary N) is 1. The van der Waals surface area contributed by atoms with Crippen molar-refractivity contribution in [2.45, 2.75) is 51.1 Å². The van der Waals surface area contributed by atoms with Gasteiger partial charge in [-0.05, 0) is 52.7 Å². The monoisotopic (exact) mass is 308 g/mol. The lowest BCUT2D eigenvalue weighted by atomic mass is 9.98. The van der Waals surface area contributed by atoms with Crippen LogP contribution in [0.5, 0.6) is 0 Å². The largest absolute Gasteiger partial charge is 0.347 e. The Balaban J connectivity index is 1.77. The van der Waals surface area contributed by atoms with Gasteiger partial charge >= 0.3 is 0 Å². The minimum Gasteiger partial charge on any atom is -0.347 e. The van der Waals surface area contributed by atoms with Crippen molar-refractivity contribution in [3.05, 3.63) is 10.6 Å². The van der Waals surface area contributed by atoms with E-state index in [1.54, 1.807) is 0 Å². The summed E-state index contributed by atoms with van der Waals surface area (Å²) >= 11 is 1.94. The van der Waals surface area contributed by atoms with Gasteiger partial charge in [-0.25, -0.2) is 4.98 Å². The molecule has 1 aliphatic carbocycles. The van der Waals surface area contributed by atoms with Crippen LogP contribution in [-0.2, 0) is 6.42 Å². The number of likely N-dealkylation sites (N-methyl/N-ethyl adjacent to an activating group) is 1. The Morgan fingerprint density at radius 3 is 2.95 bits per heavy atom. The fraction of sp³-hybridized carbons (Fsp3) is 0.812. The molecule has 118 valence electrons. The van der Waals surface area contributed by atoms with Gasteiger partial charge < -0.3 is 15.1 Å². The van der Waals surface area contributed by atoms with Crippen molar-refractivity contribution in [3.8, 4) is 0 Å². The van der Waals surface area contributed by atoms with E-state index in [2.05, 4.69) is 36.1 Å². The maximum atomic E-state index is 5.03. The normalized spacial score (nSPS) is 26.2. The summed E-state index contributed by atoms with van der Waals surface area (Å²) in [5, 5.41) is 4.86. The summed E-state index contributed by atoms with van der Waals surface area (Å²) in [5.41, 5.74) is 1.34. The highest BCUT2D eigenvalue weighted by atomic mass is 32.1. The molecule has 1 saturated heterocycles. The number of rotatable bonds is 4. The number of fused-ring (bicyclic) bond motifs is 1. The fourth-order valence-corrected chi connectivity index (χ4v) is 4.73. The van der Waals surface area contributed by atoms with Crippen molar-refractivity contribution in [1.29, 1.82) is 0 Å². The Bertz CT molecular complexity index is 471. The highest BCUT2D eigenvalue weighted by molar-refractivity contribution is 7.15. The number of anilines is 1. The molecule has 1 aliphatic heterocycles. The van der Waals surface area contributed by atoms with Crippen LogP contribution < -0.4 is 10.2 Å². The number of hydrogen-bond donors (Lipinski definition) is 1. The van der Waals surface area contributed by atoms with Gasteiger partial charge in [0, 0.05) is 24.0 Å². The number of aromatic nitrogens is 1. The quantitative estimate of drug-likeness (QED) is 0.926. The molecule has 21 heavy (non-hydrogen) atoms. The van der Waals surface area contributed by atoms with E-state index >= 15 is 0 Å². The second kappa shape index (κ2) is 6.63. The van der Waals surface area contributed by atoms with Crippen molar-refractivity contribution in [2.24, 2.45) is 0 Å². The first-order valence-electron chi connectivity index (χ1n) is 8.33. The molecule has 0 spiro atoms. The third-order valence-corrected chi connectivity index (χ3v) is 5.98. The summed E-state index contributed by atoms with van der Waals surface area (Å²) in [6, 6.07) is 1.16. The van der Waals surface area contributed by atoms with Crippen molar-refractivity contribution in [2.75, 3.05) is 38.6 Å². The number of hydrogen-bond acceptors (Lipinski definition) is 5. The van der Waals surface area contributed by atoms with E-state index in [1.165, 1.54) is 54.4 Å². The van der Waals surface area contributed by atoms with Crippen LogP contribution in [0.15, 0.2) is 0 Å². The smallest absolute Gasteiger partial charge is 0.185 e. The molecule has 2 heterocycles. The zero-order chi connectivity index (χ0) is 14.8. The molecule has 1 fully saturated rings. The van der Waals surface area contributed by atoms with E-state index in [0.29, 0.717) is 12.1 Å². The summed E-state index contributed by atoms with van der Waals surface area (Å²) < 4.78 is 0. The molecule has 2 aliphatic rings. The van der Waals surface area contributed by atoms with Gasteiger partial charge in [0.05, 0.1) is 11.7 Å². The van der Waals surface area contributed by atoms with Crippen LogP contribution in [0, 0.1) is 0 Å². The standard InChI is InChI=1S/C16H28N4S/c1-4-17-13-8-5-9-14-15(13)18-16(21-14)20-10-6-7-12(11-20)19(2)3/h12-13,17H,4-11H2,1-3H3. The Kier molecular flexibility index (Phi) is 4.82. The first-order chi connectivity index (χ1) is 10.2. The van der Waals surface area contributed by atoms with Gasteiger partial charge in [-0.3, -0.25) is 0 Å². The zero-order valence-corrected chi connectivity index (χ0v) is 14.4. The third kappa shape index (κ3) is 3.25. The van der Waals surface area contributed by atoms with Crippen molar-refractivity contribution >= 4 is 16.5 Å². The van der Waals surface area contributed by atoms with Crippen LogP contribution in [0.1, 0.15) is 49.2 Å². The molecule has 2 unspecified atom stereocenters. The molecule has 1 aromatic rings. The SMILES string of the molecule is CCNC1CCCc2sc(N3CCCC(N(C)C)C3)nc21. The van der Waals surface area contributed by atoms with Gasteiger partial charge in [-0.2, -0.15) is 0 Å². The molecule has 2 atom stereocenters. The van der Waals surface area contributed by atoms with Crippen LogP contribution >= 0.6 is 11.3 Å². The first kappa shape index (κ1) is 15.3. The summed E-state index contributed by atoms with van der Waals surface area (Å²) in [6.07, 6.45) is 6.36. The van der Waals surface area contributed by atoms with Crippen LogP contribution in [0.3, 0.4) is 0 Å². The first-order valence-corrected chi connectivity index (χ1v) is 9.15. The minimum absolute atomic E-state index is 0.484. The maximum Gasteiger partial charge on any atom is 0.185 e. The van der Waals surface area contributed by atoms with Gasteiger partial charge in [0.1, 0.15) is 0 Å². The summed E-state index contributed by atoms with van der Waals surface area (Å²) in [4.78, 5) is 11.4. The number of nitrogens with zero attached hydrogens (tertiary/aromatic N) is 3. The maximum absolute atomic E-state index is 5.03. The Hall–Kier alpha value is -0.650. The molecule has 0 amide bonds. The molecule has 1 N–H and O–H groups in total. The van der Waals surface area contributed by atoms with Gasteiger partial charge in [-0.1, -0.05) is 6.92 Å². The lowest BCUT2D eigenvalue weighted by molar-refractivity contribution is 0.258. The highest BCUT2D eigenvalue weighted by Crippen LogP contribution is 2.37. The molecule has 3 rings (SSSR count). The van der Waals surface area contributed by atoms with Crippen molar-refractivity contribution < 1.29 is 0 Å². The van der Waals surface area contributed by atoms with Gasteiger partial charge in [-0.15, -0.1) is 11.3 Å². The van der Waals surface area contributed by atoms with Crippen LogP contribution in [0.2, 0.25) is 0 Å². The summed E-state index contributed by atoms with van der Waals surface area (Å²) in [6.45, 7) is 5.52. The lowest BCUT2D eigenvalue weighted by Crippen LogP contribution is -2.45. The molecular weight excluding hydrogens is 280 g/mol. The van der Waals surface area contributed by atoms with Gasteiger partial charge in [0.15, 0.2) is 5.13 Å². The Labute approximate surface area is 132 Å². The topological polar surface area (TPSA) is 31.4 Å². The molecular formula is C16H28N4S. The van der Waals surface area contributed by atoms with E-state index in [-0.39, 0.29) is 0 Å². The second-order valence-corrected chi connectivity index (χ2v) is 7.58. The molecule has 0 bridgehead atoms. The van der Waals surface area contributed by atoms with E-state index in [0.717, 1.165) is 13.1 Å². The van der Waals surface area contributed by atoms with Crippen LogP contribution in [-0.4, -0.2) is 49.7 Å². The Morgan fingerprint density at radius 1 is 1.33 bits per heavy atom. The van der Waals surface area contributed by atoms with Crippen molar-refractivity contribution in [3.63, 3.8) is 0 Å². The number of aryl methyl sites for hydroxylation is 1. The third-order valence-electron chi connectivity index (χ3n) is 4.79. The predicted octanol–water partition coefficient (Wildman–Crippen LogP) is 2.66. The molecule has 1 aromatic heterocycles. The number of piperidine rings is 1. The van der Waals surface area contributed by atoms with E-state index in [1.807, 2.05) is 11.3 Å². The second-order valence-electron chi connectivity index (χ2n) is 6.51. The summed E-state index contributed by atoms with van der Waals surface area (Å²) in [7, 11) is 4.39. The fourth-order valence-electron chi connectivity index (χ4n) is 3.54. The molecule has 0 saturated carbocycles. The van der Waals surface area contributed by atoms with E-state index < -0.39 is 0 Å². The van der Waals surface area contributed by atoms with Crippen LogP contribution in [0.25, 0.3) is 0 Å². The number of thiazole rings is 1. The average molecular weight is 308 g/mol. The predicted molar refractivity (Wildman–Crippen MR) is 90.4 cm³/mol. The average Bonchev–Trinajstić information content (AvgIpc) is 2.93. The lowest BCUT2D eigenvalue weighted by Gasteiger charge is -2.36. The molecule has 0 aromatic carbocycles. The van der Waals surface area contributed by atoms with E-state index in [9.17, 15) is 0 Å². The molecule has 4 nitrogen and oxygen atoms in total. The Morgan fingerprint density at radius 2 is 2.19 bits per heavy atom. The van der Waals surface area contributed by atoms with Gasteiger partial charge in [0.25, 0.3) is 0 Å². The zero-order valence-electron chi connectivity index (χ0n) is 13.6. The molecule has 0 radical (unpaired) electrons. The highest BCUT2D eigenvalue weighted by Gasteiger charge is 2.28. The van der Waals surface area contributed by atoms with Crippen LogP contribution in [0.4, 0.5) is 5.13 Å². The molecule has 5 heteroatoms. The van der Waals surface area contributed by atoms with Crippen molar-refractivity contribution in [1.82, 2.24) is 15.2 Å². The minimum atomic E-state index is 0.484. The summed E-state index contributed by atoms with van der Waals surface area (Å²) in [5.74, 6) is 0.